The highest BCUT2D eigenvalue weighted by atomic mass is 14.5. The van der Waals surface area contributed by atoms with E-state index in [9.17, 15) is 0 Å². The summed E-state index contributed by atoms with van der Waals surface area (Å²) in [5.74, 6) is 3.28. The summed E-state index contributed by atoms with van der Waals surface area (Å²) in [5, 5.41) is 0. The van der Waals surface area contributed by atoms with Crippen molar-refractivity contribution in [1.82, 2.24) is 0 Å². The molecule has 0 saturated heterocycles. The van der Waals surface area contributed by atoms with E-state index in [4.69, 9.17) is 0 Å². The topological polar surface area (TPSA) is 0 Å². The van der Waals surface area contributed by atoms with Gasteiger partial charge in [0.15, 0.2) is 0 Å². The van der Waals surface area contributed by atoms with Crippen LogP contribution < -0.4 is 0 Å². The van der Waals surface area contributed by atoms with E-state index in [1.807, 2.05) is 0 Å². The molecule has 2 unspecified atom stereocenters. The SMILES string of the molecule is CC(C)CC1=C(C(C)C)c2ccccc2C1C(C)(C)C1C(CC(C)C)=C(C(C)C)c2ccccc21. The lowest BCUT2D eigenvalue weighted by Gasteiger charge is -2.42. The summed E-state index contributed by atoms with van der Waals surface area (Å²) < 4.78 is 0. The van der Waals surface area contributed by atoms with E-state index < -0.39 is 0 Å². The van der Waals surface area contributed by atoms with Gasteiger partial charge in [-0.2, -0.15) is 0 Å². The van der Waals surface area contributed by atoms with Crippen LogP contribution in [0, 0.1) is 29.1 Å². The number of benzene rings is 2. The monoisotopic (exact) mass is 468 g/mol. The highest BCUT2D eigenvalue weighted by Gasteiger charge is 2.49. The van der Waals surface area contributed by atoms with Crippen molar-refractivity contribution in [3.05, 3.63) is 81.9 Å². The van der Waals surface area contributed by atoms with Crippen LogP contribution in [-0.2, 0) is 0 Å². The van der Waals surface area contributed by atoms with Crippen LogP contribution in [0.5, 0.6) is 0 Å². The predicted octanol–water partition coefficient (Wildman–Crippen LogP) is 10.5. The molecular formula is C35H48. The van der Waals surface area contributed by atoms with Crippen molar-refractivity contribution in [3.63, 3.8) is 0 Å². The van der Waals surface area contributed by atoms with Gasteiger partial charge < -0.3 is 0 Å². The highest BCUT2D eigenvalue weighted by Crippen LogP contribution is 2.63. The molecule has 2 aromatic carbocycles. The van der Waals surface area contributed by atoms with Crippen molar-refractivity contribution < 1.29 is 0 Å². The normalized spacial score (nSPS) is 20.2. The molecule has 2 aliphatic rings. The summed E-state index contributed by atoms with van der Waals surface area (Å²) in [5.41, 5.74) is 12.9. The van der Waals surface area contributed by atoms with Crippen molar-refractivity contribution in [1.29, 1.82) is 0 Å². The second-order valence-electron chi connectivity index (χ2n) is 13.2. The van der Waals surface area contributed by atoms with Crippen molar-refractivity contribution in [2.45, 2.75) is 93.9 Å². The van der Waals surface area contributed by atoms with Crippen molar-refractivity contribution >= 4 is 11.1 Å². The summed E-state index contributed by atoms with van der Waals surface area (Å²) in [6.45, 7) is 24.3. The van der Waals surface area contributed by atoms with Gasteiger partial charge in [0.05, 0.1) is 0 Å². The Morgan fingerprint density at radius 3 is 1.23 bits per heavy atom. The van der Waals surface area contributed by atoms with Crippen LogP contribution in [0.15, 0.2) is 59.7 Å². The van der Waals surface area contributed by atoms with Crippen molar-refractivity contribution in [3.8, 4) is 0 Å². The van der Waals surface area contributed by atoms with Gasteiger partial charge in [-0.25, -0.2) is 0 Å². The summed E-state index contributed by atoms with van der Waals surface area (Å²) in [4.78, 5) is 0. The van der Waals surface area contributed by atoms with Gasteiger partial charge in [-0.15, -0.1) is 0 Å². The summed E-state index contributed by atoms with van der Waals surface area (Å²) in [6.07, 6.45) is 2.37. The van der Waals surface area contributed by atoms with E-state index in [1.165, 1.54) is 24.0 Å². The first-order valence-corrected chi connectivity index (χ1v) is 14.1. The van der Waals surface area contributed by atoms with Gasteiger partial charge in [-0.05, 0) is 75.3 Å². The van der Waals surface area contributed by atoms with Gasteiger partial charge in [-0.3, -0.25) is 0 Å². The fourth-order valence-electron chi connectivity index (χ4n) is 7.59. The van der Waals surface area contributed by atoms with Crippen LogP contribution in [0.2, 0.25) is 0 Å². The Bertz CT molecular complexity index is 1040. The molecule has 0 spiro atoms. The first kappa shape index (κ1) is 26.0. The minimum atomic E-state index is 0.0773. The molecule has 0 heterocycles. The van der Waals surface area contributed by atoms with Crippen molar-refractivity contribution in [2.75, 3.05) is 0 Å². The molecule has 35 heavy (non-hydrogen) atoms. The molecule has 0 fully saturated rings. The maximum atomic E-state index is 2.59. The second-order valence-corrected chi connectivity index (χ2v) is 13.2. The molecule has 2 atom stereocenters. The zero-order valence-corrected chi connectivity index (χ0v) is 24.0. The zero-order valence-electron chi connectivity index (χ0n) is 24.0. The number of fused-ring (bicyclic) bond motifs is 2. The van der Waals surface area contributed by atoms with E-state index in [1.54, 1.807) is 33.4 Å². The number of hydrogen-bond donors (Lipinski definition) is 0. The maximum absolute atomic E-state index is 2.59. The minimum Gasteiger partial charge on any atom is -0.0625 e. The predicted molar refractivity (Wildman–Crippen MR) is 155 cm³/mol. The van der Waals surface area contributed by atoms with Gasteiger partial charge >= 0.3 is 0 Å². The Hall–Kier alpha value is -2.08. The van der Waals surface area contributed by atoms with Crippen LogP contribution in [0.25, 0.3) is 11.1 Å². The molecule has 2 aromatic rings. The molecule has 0 aliphatic heterocycles. The largest absolute Gasteiger partial charge is 0.0625 e. The Labute approximate surface area is 215 Å². The maximum Gasteiger partial charge on any atom is 0.0121 e. The van der Waals surface area contributed by atoms with Crippen LogP contribution in [0.4, 0.5) is 0 Å². The van der Waals surface area contributed by atoms with E-state index in [0.717, 1.165) is 0 Å². The molecule has 0 N–H and O–H groups in total. The summed E-state index contributed by atoms with van der Waals surface area (Å²) in [6, 6.07) is 18.7. The molecule has 0 saturated carbocycles. The van der Waals surface area contributed by atoms with Crippen LogP contribution in [0.3, 0.4) is 0 Å². The Balaban J connectivity index is 1.98. The summed E-state index contributed by atoms with van der Waals surface area (Å²) in [7, 11) is 0. The smallest absolute Gasteiger partial charge is 0.0121 e. The standard InChI is InChI=1S/C35H48/c1-21(2)19-29-31(23(5)6)25-15-11-13-17-27(25)33(29)35(9,10)34-28-18-14-12-16-26(28)32(24(7)8)30(34)20-22(3)4/h11-18,21-24,33-34H,19-20H2,1-10H3. The second kappa shape index (κ2) is 9.76. The fraction of sp³-hybridized carbons (Fsp3) is 0.543. The first-order valence-electron chi connectivity index (χ1n) is 14.1. The zero-order chi connectivity index (χ0) is 25.7. The van der Waals surface area contributed by atoms with Crippen LogP contribution in [-0.4, -0.2) is 0 Å². The molecule has 0 heteroatoms. The molecule has 188 valence electrons. The van der Waals surface area contributed by atoms with Crippen LogP contribution >= 0.6 is 0 Å². The van der Waals surface area contributed by atoms with Gasteiger partial charge in [0.25, 0.3) is 0 Å². The Morgan fingerprint density at radius 2 is 0.914 bits per heavy atom. The lowest BCUT2D eigenvalue weighted by atomic mass is 9.61. The molecule has 0 amide bonds. The van der Waals surface area contributed by atoms with E-state index in [0.29, 0.717) is 35.5 Å². The number of allylic oxidation sites excluding steroid dienone is 4. The lowest BCUT2D eigenvalue weighted by molar-refractivity contribution is 0.262. The average Bonchev–Trinajstić information content (AvgIpc) is 3.25. The van der Waals surface area contributed by atoms with Gasteiger partial charge in [0, 0.05) is 11.8 Å². The van der Waals surface area contributed by atoms with E-state index in [2.05, 4.69) is 118 Å². The number of rotatable bonds is 8. The Morgan fingerprint density at radius 1 is 0.571 bits per heavy atom. The third kappa shape index (κ3) is 4.47. The average molecular weight is 469 g/mol. The highest BCUT2D eigenvalue weighted by molar-refractivity contribution is 5.82. The molecule has 0 radical (unpaired) electrons. The van der Waals surface area contributed by atoms with Gasteiger partial charge in [0.1, 0.15) is 0 Å². The first-order chi connectivity index (χ1) is 16.5. The third-order valence-corrected chi connectivity index (χ3v) is 8.41. The van der Waals surface area contributed by atoms with Crippen LogP contribution in [0.1, 0.15) is 116 Å². The summed E-state index contributed by atoms with van der Waals surface area (Å²) >= 11 is 0. The fourth-order valence-corrected chi connectivity index (χ4v) is 7.59. The molecular weight excluding hydrogens is 420 g/mol. The molecule has 0 bridgehead atoms. The quantitative estimate of drug-likeness (QED) is 0.361. The molecule has 0 aromatic heterocycles. The minimum absolute atomic E-state index is 0.0773. The van der Waals surface area contributed by atoms with E-state index >= 15 is 0 Å². The molecule has 4 rings (SSSR count). The lowest BCUT2D eigenvalue weighted by Crippen LogP contribution is -2.31. The van der Waals surface area contributed by atoms with E-state index in [-0.39, 0.29) is 5.41 Å². The molecule has 2 aliphatic carbocycles. The molecule has 0 nitrogen and oxygen atoms in total. The Kier molecular flexibility index (Phi) is 7.25. The van der Waals surface area contributed by atoms with Crippen molar-refractivity contribution in [2.24, 2.45) is 29.1 Å². The third-order valence-electron chi connectivity index (χ3n) is 8.41. The van der Waals surface area contributed by atoms with Gasteiger partial charge in [0.2, 0.25) is 0 Å². The number of hydrogen-bond acceptors (Lipinski definition) is 0. The van der Waals surface area contributed by atoms with Gasteiger partial charge in [-0.1, -0.05) is 129 Å².